The molecule has 1 unspecified atom stereocenters. The third-order valence-electron chi connectivity index (χ3n) is 0.967. The summed E-state index contributed by atoms with van der Waals surface area (Å²) >= 11 is 0. The normalized spacial score (nSPS) is 12.5. The zero-order valence-corrected chi connectivity index (χ0v) is 5.48. The number of rotatable bonds is 4. The second-order valence-corrected chi connectivity index (χ2v) is 1.77. The van der Waals surface area contributed by atoms with Gasteiger partial charge in [-0.1, -0.05) is 0 Å². The van der Waals surface area contributed by atoms with E-state index >= 15 is 0 Å². The van der Waals surface area contributed by atoms with E-state index in [-0.39, 0.29) is 0 Å². The summed E-state index contributed by atoms with van der Waals surface area (Å²) in [5.74, 6) is -2.01. The van der Waals surface area contributed by atoms with Gasteiger partial charge in [-0.05, 0) is 0 Å². The van der Waals surface area contributed by atoms with Crippen LogP contribution in [0.5, 0.6) is 0 Å². The summed E-state index contributed by atoms with van der Waals surface area (Å²) in [5, 5.41) is 36.1. The van der Waals surface area contributed by atoms with Gasteiger partial charge in [0.05, 0.1) is 9.85 Å². The van der Waals surface area contributed by atoms with Crippen molar-refractivity contribution in [3.8, 4) is 0 Å². The van der Waals surface area contributed by atoms with E-state index in [1.807, 2.05) is 0 Å². The number of carboxylic acids is 1. The molecule has 0 aliphatic carbocycles. The Balaban J connectivity index is 4.63. The maximum Gasteiger partial charge on any atom is 0.486 e. The number of aliphatic carboxylic acids is 1. The molecule has 0 saturated heterocycles. The average molecular weight is 180 g/mol. The van der Waals surface area contributed by atoms with Crippen molar-refractivity contribution < 1.29 is 24.9 Å². The molecule has 0 saturated carbocycles. The fraction of sp³-hybridized carbons (Fsp3) is 0.667. The SMILES string of the molecule is O=C(O)C(O)C([N+](=O)[O-])[N+](=O)[O-]. The highest BCUT2D eigenvalue weighted by Crippen LogP contribution is 1.99. The van der Waals surface area contributed by atoms with Crippen LogP contribution in [0.2, 0.25) is 0 Å². The summed E-state index contributed by atoms with van der Waals surface area (Å²) < 4.78 is 0. The zero-order valence-electron chi connectivity index (χ0n) is 5.48. The molecule has 0 amide bonds. The monoisotopic (exact) mass is 180 g/mol. The van der Waals surface area contributed by atoms with Crippen molar-refractivity contribution in [3.05, 3.63) is 20.2 Å². The first-order chi connectivity index (χ1) is 5.37. The van der Waals surface area contributed by atoms with Crippen LogP contribution in [0.1, 0.15) is 0 Å². The summed E-state index contributed by atoms with van der Waals surface area (Å²) in [4.78, 5) is 26.6. The molecular weight excluding hydrogens is 176 g/mol. The van der Waals surface area contributed by atoms with Gasteiger partial charge in [-0.3, -0.25) is 20.2 Å². The Morgan fingerprint density at radius 2 is 1.58 bits per heavy atom. The Kier molecular flexibility index (Phi) is 3.04. The van der Waals surface area contributed by atoms with Crippen LogP contribution in [-0.2, 0) is 4.79 Å². The number of nitro groups is 2. The van der Waals surface area contributed by atoms with Gasteiger partial charge in [0.25, 0.3) is 6.10 Å². The van der Waals surface area contributed by atoms with Crippen molar-refractivity contribution in [1.82, 2.24) is 0 Å². The molecule has 9 heteroatoms. The van der Waals surface area contributed by atoms with E-state index in [2.05, 4.69) is 0 Å². The highest BCUT2D eigenvalue weighted by molar-refractivity contribution is 5.72. The number of carboxylic acid groups (broad SMARTS) is 1. The highest BCUT2D eigenvalue weighted by Gasteiger charge is 2.46. The quantitative estimate of drug-likeness (QED) is 0.298. The topological polar surface area (TPSA) is 144 Å². The van der Waals surface area contributed by atoms with E-state index < -0.39 is 28.1 Å². The highest BCUT2D eigenvalue weighted by atomic mass is 16.7. The number of hydrogen-bond acceptors (Lipinski definition) is 6. The lowest BCUT2D eigenvalue weighted by molar-refractivity contribution is -0.749. The minimum absolute atomic E-state index is 1.47. The molecule has 0 fully saturated rings. The van der Waals surface area contributed by atoms with Crippen LogP contribution < -0.4 is 0 Å². The molecule has 0 aromatic rings. The van der Waals surface area contributed by atoms with Crippen LogP contribution in [0, 0.1) is 20.2 Å². The number of aliphatic hydroxyl groups is 1. The number of nitrogens with zero attached hydrogens (tertiary/aromatic N) is 2. The second kappa shape index (κ2) is 3.57. The predicted octanol–water partition coefficient (Wildman–Crippen LogP) is -1.69. The lowest BCUT2D eigenvalue weighted by Crippen LogP contribution is -2.44. The van der Waals surface area contributed by atoms with E-state index in [1.54, 1.807) is 0 Å². The lowest BCUT2D eigenvalue weighted by Gasteiger charge is -2.03. The molecule has 0 heterocycles. The van der Waals surface area contributed by atoms with Gasteiger partial charge in [-0.2, -0.15) is 0 Å². The number of carbonyl (C=O) groups is 1. The lowest BCUT2D eigenvalue weighted by atomic mass is 10.3. The van der Waals surface area contributed by atoms with Gasteiger partial charge in [0.15, 0.2) is 0 Å². The second-order valence-electron chi connectivity index (χ2n) is 1.77. The molecule has 1 atom stereocenters. The van der Waals surface area contributed by atoms with Gasteiger partial charge in [0, 0.05) is 0 Å². The van der Waals surface area contributed by atoms with E-state index in [0.29, 0.717) is 0 Å². The van der Waals surface area contributed by atoms with Crippen molar-refractivity contribution >= 4 is 5.97 Å². The Bertz CT molecular complexity index is 211. The third-order valence-corrected chi connectivity index (χ3v) is 0.967. The third kappa shape index (κ3) is 2.12. The molecule has 0 aromatic heterocycles. The maximum absolute atomic E-state index is 9.89. The molecule has 0 rings (SSSR count). The van der Waals surface area contributed by atoms with Crippen molar-refractivity contribution in [3.63, 3.8) is 0 Å². The van der Waals surface area contributed by atoms with Gasteiger partial charge >= 0.3 is 12.1 Å². The molecule has 12 heavy (non-hydrogen) atoms. The first kappa shape index (κ1) is 10.2. The average Bonchev–Trinajstić information content (AvgIpc) is 1.85. The summed E-state index contributed by atoms with van der Waals surface area (Å²) in [5.41, 5.74) is 0. The summed E-state index contributed by atoms with van der Waals surface area (Å²) in [6, 6.07) is 0. The predicted molar refractivity (Wildman–Crippen MR) is 31.4 cm³/mol. The van der Waals surface area contributed by atoms with Gasteiger partial charge in [0.1, 0.15) is 0 Å². The molecule has 2 N–H and O–H groups in total. The summed E-state index contributed by atoms with van der Waals surface area (Å²) in [6.45, 7) is 0. The molecule has 0 aliphatic heterocycles. The van der Waals surface area contributed by atoms with Gasteiger partial charge < -0.3 is 10.2 Å². The minimum Gasteiger partial charge on any atom is -0.479 e. The largest absolute Gasteiger partial charge is 0.486 e. The van der Waals surface area contributed by atoms with Crippen LogP contribution >= 0.6 is 0 Å². The summed E-state index contributed by atoms with van der Waals surface area (Å²) in [6.07, 6.45) is -5.35. The van der Waals surface area contributed by atoms with E-state index in [4.69, 9.17) is 10.2 Å². The van der Waals surface area contributed by atoms with Crippen LogP contribution in [0.15, 0.2) is 0 Å². The molecular formula is C3H4N2O7. The fourth-order valence-electron chi connectivity index (χ4n) is 0.435. The number of aliphatic hydroxyl groups excluding tert-OH is 1. The van der Waals surface area contributed by atoms with Crippen molar-refractivity contribution in [1.29, 1.82) is 0 Å². The Morgan fingerprint density at radius 1 is 1.25 bits per heavy atom. The Morgan fingerprint density at radius 3 is 1.67 bits per heavy atom. The van der Waals surface area contributed by atoms with Gasteiger partial charge in [0.2, 0.25) is 0 Å². The van der Waals surface area contributed by atoms with Crippen LogP contribution in [0.25, 0.3) is 0 Å². The van der Waals surface area contributed by atoms with Crippen molar-refractivity contribution in [2.45, 2.75) is 12.3 Å². The van der Waals surface area contributed by atoms with Gasteiger partial charge in [-0.25, -0.2) is 4.79 Å². The first-order valence-electron chi connectivity index (χ1n) is 2.55. The van der Waals surface area contributed by atoms with E-state index in [0.717, 1.165) is 0 Å². The standard InChI is InChI=1S/C3H4N2O7/c6-1(3(7)8)2(4(9)10)5(11)12/h1-2,6H,(H,7,8). The van der Waals surface area contributed by atoms with E-state index in [9.17, 15) is 25.0 Å². The molecule has 0 bridgehead atoms. The van der Waals surface area contributed by atoms with E-state index in [1.165, 1.54) is 0 Å². The Labute approximate surface area is 64.5 Å². The molecule has 68 valence electrons. The molecule has 0 spiro atoms. The maximum atomic E-state index is 9.89. The van der Waals surface area contributed by atoms with Crippen LogP contribution in [0.4, 0.5) is 0 Å². The summed E-state index contributed by atoms with van der Waals surface area (Å²) in [7, 11) is 0. The molecule has 0 radical (unpaired) electrons. The van der Waals surface area contributed by atoms with Crippen molar-refractivity contribution in [2.75, 3.05) is 0 Å². The van der Waals surface area contributed by atoms with Crippen LogP contribution in [0.3, 0.4) is 0 Å². The van der Waals surface area contributed by atoms with Gasteiger partial charge in [-0.15, -0.1) is 0 Å². The zero-order chi connectivity index (χ0) is 9.89. The number of hydrogen-bond donors (Lipinski definition) is 2. The van der Waals surface area contributed by atoms with Crippen molar-refractivity contribution in [2.24, 2.45) is 0 Å². The fourth-order valence-corrected chi connectivity index (χ4v) is 0.435. The first-order valence-corrected chi connectivity index (χ1v) is 2.55. The van der Waals surface area contributed by atoms with Crippen LogP contribution in [-0.4, -0.2) is 38.3 Å². The molecule has 0 aromatic carbocycles. The Hall–Kier alpha value is -1.77. The molecule has 9 nitrogen and oxygen atoms in total. The molecule has 0 aliphatic rings. The smallest absolute Gasteiger partial charge is 0.479 e. The minimum atomic E-state index is -2.72.